The van der Waals surface area contributed by atoms with E-state index < -0.39 is 5.97 Å². The Hall–Kier alpha value is -3.48. The number of hydrogen-bond acceptors (Lipinski definition) is 6. The average Bonchev–Trinajstić information content (AvgIpc) is 2.76. The molecule has 1 heterocycles. The SMILES string of the molecule is COc1ccccc1CN(C)C(=O)COC(=O)/C=C/c1ccc2c(c1)OCCO2. The highest BCUT2D eigenvalue weighted by Gasteiger charge is 2.14. The normalized spacial score (nSPS) is 12.5. The third-order valence-corrected chi connectivity index (χ3v) is 4.34. The Labute approximate surface area is 169 Å². The zero-order valence-electron chi connectivity index (χ0n) is 16.4. The third-order valence-electron chi connectivity index (χ3n) is 4.34. The van der Waals surface area contributed by atoms with Gasteiger partial charge in [-0.2, -0.15) is 0 Å². The molecule has 0 unspecified atom stereocenters. The van der Waals surface area contributed by atoms with Gasteiger partial charge in [-0.15, -0.1) is 0 Å². The smallest absolute Gasteiger partial charge is 0.331 e. The molecule has 3 rings (SSSR count). The fourth-order valence-electron chi connectivity index (χ4n) is 2.80. The lowest BCUT2D eigenvalue weighted by molar-refractivity contribution is -0.147. The summed E-state index contributed by atoms with van der Waals surface area (Å²) in [5, 5.41) is 0. The average molecular weight is 397 g/mol. The van der Waals surface area contributed by atoms with Gasteiger partial charge in [0.25, 0.3) is 5.91 Å². The van der Waals surface area contributed by atoms with E-state index in [1.165, 1.54) is 11.0 Å². The first-order valence-electron chi connectivity index (χ1n) is 9.17. The van der Waals surface area contributed by atoms with E-state index in [1.54, 1.807) is 32.4 Å². The van der Waals surface area contributed by atoms with E-state index in [0.717, 1.165) is 11.1 Å². The summed E-state index contributed by atoms with van der Waals surface area (Å²) in [6, 6.07) is 12.8. The van der Waals surface area contributed by atoms with Gasteiger partial charge in [-0.25, -0.2) is 4.79 Å². The highest BCUT2D eigenvalue weighted by Crippen LogP contribution is 2.31. The molecular formula is C22H23NO6. The maximum absolute atomic E-state index is 12.2. The second-order valence-corrected chi connectivity index (χ2v) is 6.41. The van der Waals surface area contributed by atoms with Gasteiger partial charge in [-0.05, 0) is 29.8 Å². The number of amides is 1. The molecule has 0 radical (unpaired) electrons. The number of fused-ring (bicyclic) bond motifs is 1. The molecule has 29 heavy (non-hydrogen) atoms. The van der Waals surface area contributed by atoms with Gasteiger partial charge >= 0.3 is 5.97 Å². The molecule has 2 aromatic rings. The number of carbonyl (C=O) groups is 2. The van der Waals surface area contributed by atoms with Crippen molar-refractivity contribution >= 4 is 18.0 Å². The van der Waals surface area contributed by atoms with E-state index in [4.69, 9.17) is 18.9 Å². The van der Waals surface area contributed by atoms with Crippen molar-refractivity contribution < 1.29 is 28.5 Å². The van der Waals surface area contributed by atoms with Gasteiger partial charge in [0, 0.05) is 25.2 Å². The Morgan fingerprint density at radius 1 is 1.10 bits per heavy atom. The quantitative estimate of drug-likeness (QED) is 0.528. The maximum atomic E-state index is 12.2. The number of hydrogen-bond donors (Lipinski definition) is 0. The van der Waals surface area contributed by atoms with Crippen molar-refractivity contribution in [3.63, 3.8) is 0 Å². The Kier molecular flexibility index (Phi) is 6.73. The first kappa shape index (κ1) is 20.3. The van der Waals surface area contributed by atoms with Crippen LogP contribution in [0.4, 0.5) is 0 Å². The Bertz CT molecular complexity index is 908. The molecule has 0 spiro atoms. The van der Waals surface area contributed by atoms with Gasteiger partial charge in [-0.3, -0.25) is 4.79 Å². The Balaban J connectivity index is 1.49. The number of methoxy groups -OCH3 is 1. The zero-order chi connectivity index (χ0) is 20.6. The van der Waals surface area contributed by atoms with Crippen LogP contribution in [-0.2, 0) is 20.9 Å². The first-order chi connectivity index (χ1) is 14.1. The molecule has 0 fully saturated rings. The molecule has 0 saturated heterocycles. The zero-order valence-corrected chi connectivity index (χ0v) is 16.4. The van der Waals surface area contributed by atoms with Crippen LogP contribution in [-0.4, -0.2) is 50.8 Å². The van der Waals surface area contributed by atoms with Gasteiger partial charge in [-0.1, -0.05) is 24.3 Å². The van der Waals surface area contributed by atoms with Gasteiger partial charge in [0.05, 0.1) is 7.11 Å². The maximum Gasteiger partial charge on any atom is 0.331 e. The predicted octanol–water partition coefficient (Wildman–Crippen LogP) is 2.68. The summed E-state index contributed by atoms with van der Waals surface area (Å²) in [6.07, 6.45) is 2.88. The Morgan fingerprint density at radius 3 is 2.66 bits per heavy atom. The number of carbonyl (C=O) groups excluding carboxylic acids is 2. The predicted molar refractivity (Wildman–Crippen MR) is 107 cm³/mol. The van der Waals surface area contributed by atoms with Crippen LogP contribution in [0.3, 0.4) is 0 Å². The van der Waals surface area contributed by atoms with Gasteiger partial charge in [0.2, 0.25) is 0 Å². The summed E-state index contributed by atoms with van der Waals surface area (Å²) in [5.74, 6) is 1.11. The number of benzene rings is 2. The van der Waals surface area contributed by atoms with Crippen molar-refractivity contribution in [2.24, 2.45) is 0 Å². The van der Waals surface area contributed by atoms with E-state index in [1.807, 2.05) is 30.3 Å². The minimum Gasteiger partial charge on any atom is -0.496 e. The van der Waals surface area contributed by atoms with Gasteiger partial charge in [0.15, 0.2) is 18.1 Å². The van der Waals surface area contributed by atoms with Crippen molar-refractivity contribution in [1.29, 1.82) is 0 Å². The van der Waals surface area contributed by atoms with Crippen LogP contribution in [0.25, 0.3) is 6.08 Å². The fourth-order valence-corrected chi connectivity index (χ4v) is 2.80. The molecule has 0 bridgehead atoms. The number of ether oxygens (including phenoxy) is 4. The lowest BCUT2D eigenvalue weighted by Gasteiger charge is -2.18. The summed E-state index contributed by atoms with van der Waals surface area (Å²) in [6.45, 7) is 1.03. The highest BCUT2D eigenvalue weighted by molar-refractivity contribution is 5.89. The summed E-state index contributed by atoms with van der Waals surface area (Å²) in [4.78, 5) is 25.7. The summed E-state index contributed by atoms with van der Waals surface area (Å²) < 4.78 is 21.3. The van der Waals surface area contributed by atoms with Gasteiger partial charge in [0.1, 0.15) is 19.0 Å². The lowest BCUT2D eigenvalue weighted by Crippen LogP contribution is -2.30. The topological polar surface area (TPSA) is 74.3 Å². The van der Waals surface area contributed by atoms with E-state index in [9.17, 15) is 9.59 Å². The minimum absolute atomic E-state index is 0.308. The van der Waals surface area contributed by atoms with E-state index >= 15 is 0 Å². The summed E-state index contributed by atoms with van der Waals surface area (Å²) in [5.41, 5.74) is 1.64. The van der Waals surface area contributed by atoms with Crippen molar-refractivity contribution in [2.75, 3.05) is 34.0 Å². The van der Waals surface area contributed by atoms with Crippen LogP contribution in [0.5, 0.6) is 17.2 Å². The minimum atomic E-state index is -0.598. The number of nitrogens with zero attached hydrogens (tertiary/aromatic N) is 1. The highest BCUT2D eigenvalue weighted by atomic mass is 16.6. The Morgan fingerprint density at radius 2 is 1.86 bits per heavy atom. The molecule has 1 aliphatic heterocycles. The van der Waals surface area contributed by atoms with Crippen molar-refractivity contribution in [3.8, 4) is 17.2 Å². The monoisotopic (exact) mass is 397 g/mol. The molecule has 7 heteroatoms. The van der Waals surface area contributed by atoms with Crippen LogP contribution >= 0.6 is 0 Å². The van der Waals surface area contributed by atoms with Crippen molar-refractivity contribution in [1.82, 2.24) is 4.90 Å². The van der Waals surface area contributed by atoms with Crippen molar-refractivity contribution in [2.45, 2.75) is 6.54 Å². The fraction of sp³-hybridized carbons (Fsp3) is 0.273. The summed E-state index contributed by atoms with van der Waals surface area (Å²) in [7, 11) is 3.23. The number of likely N-dealkylation sites (N-methyl/N-ethyl adjacent to an activating group) is 1. The van der Waals surface area contributed by atoms with E-state index in [2.05, 4.69) is 0 Å². The largest absolute Gasteiger partial charge is 0.496 e. The molecule has 0 saturated carbocycles. The molecule has 0 atom stereocenters. The molecule has 0 aromatic heterocycles. The second kappa shape index (κ2) is 9.64. The standard InChI is InChI=1S/C22H23NO6/c1-23(14-17-5-3-4-6-18(17)26-2)21(24)15-29-22(25)10-8-16-7-9-19-20(13-16)28-12-11-27-19/h3-10,13H,11-12,14-15H2,1-2H3/b10-8+. The van der Waals surface area contributed by atoms with Crippen LogP contribution < -0.4 is 14.2 Å². The molecule has 7 nitrogen and oxygen atoms in total. The lowest BCUT2D eigenvalue weighted by atomic mass is 10.2. The molecule has 0 aliphatic carbocycles. The van der Waals surface area contributed by atoms with Crippen LogP contribution in [0.15, 0.2) is 48.5 Å². The number of para-hydroxylation sites is 1. The number of rotatable bonds is 7. The van der Waals surface area contributed by atoms with E-state index in [0.29, 0.717) is 37.0 Å². The third kappa shape index (κ3) is 5.51. The molecule has 152 valence electrons. The number of esters is 1. The molecule has 0 N–H and O–H groups in total. The molecule has 1 amide bonds. The van der Waals surface area contributed by atoms with Crippen LogP contribution in [0.1, 0.15) is 11.1 Å². The molecule has 1 aliphatic rings. The molecular weight excluding hydrogens is 374 g/mol. The molecule has 2 aromatic carbocycles. The van der Waals surface area contributed by atoms with E-state index in [-0.39, 0.29) is 12.5 Å². The van der Waals surface area contributed by atoms with Crippen molar-refractivity contribution in [3.05, 3.63) is 59.7 Å². The van der Waals surface area contributed by atoms with Crippen LogP contribution in [0, 0.1) is 0 Å². The second-order valence-electron chi connectivity index (χ2n) is 6.41. The summed E-state index contributed by atoms with van der Waals surface area (Å²) >= 11 is 0. The van der Waals surface area contributed by atoms with Gasteiger partial charge < -0.3 is 23.8 Å². The van der Waals surface area contributed by atoms with Crippen LogP contribution in [0.2, 0.25) is 0 Å². The first-order valence-corrected chi connectivity index (χ1v) is 9.17.